The lowest BCUT2D eigenvalue weighted by Gasteiger charge is -2.20. The second-order valence-corrected chi connectivity index (χ2v) is 4.51. The van der Waals surface area contributed by atoms with Gasteiger partial charge < -0.3 is 20.1 Å². The maximum atomic E-state index is 9.93. The molecule has 102 valence electrons. The Bertz CT molecular complexity index is 525. The van der Waals surface area contributed by atoms with Gasteiger partial charge in [-0.1, -0.05) is 0 Å². The van der Waals surface area contributed by atoms with Crippen molar-refractivity contribution in [3.05, 3.63) is 42.0 Å². The van der Waals surface area contributed by atoms with E-state index in [1.54, 1.807) is 31.6 Å². The molecule has 0 saturated carbocycles. The number of aromatic hydroxyl groups is 1. The number of phenolic OH excluding ortho intramolecular Hbond substituents is 1. The van der Waals surface area contributed by atoms with Gasteiger partial charge in [-0.15, -0.1) is 0 Å². The van der Waals surface area contributed by atoms with Crippen LogP contribution in [0.25, 0.3) is 0 Å². The molecule has 2 rings (SSSR count). The number of rotatable bonds is 5. The van der Waals surface area contributed by atoms with Crippen molar-refractivity contribution < 1.29 is 9.84 Å². The van der Waals surface area contributed by atoms with Crippen LogP contribution in [0.2, 0.25) is 0 Å². The molecule has 19 heavy (non-hydrogen) atoms. The third-order valence-corrected chi connectivity index (χ3v) is 3.13. The fourth-order valence-electron chi connectivity index (χ4n) is 2.06. The number of hydrogen-bond acceptors (Lipinski definition) is 4. The van der Waals surface area contributed by atoms with E-state index in [0.717, 1.165) is 17.1 Å². The average molecular weight is 261 g/mol. The summed E-state index contributed by atoms with van der Waals surface area (Å²) < 4.78 is 5.18. The van der Waals surface area contributed by atoms with Crippen molar-refractivity contribution in [3.63, 3.8) is 0 Å². The zero-order chi connectivity index (χ0) is 13.8. The Morgan fingerprint density at radius 1 is 1.32 bits per heavy atom. The number of phenols is 1. The van der Waals surface area contributed by atoms with Crippen molar-refractivity contribution in [3.8, 4) is 11.5 Å². The van der Waals surface area contributed by atoms with Crippen molar-refractivity contribution in [1.82, 2.24) is 15.3 Å². The van der Waals surface area contributed by atoms with Crippen LogP contribution in [0.3, 0.4) is 0 Å². The molecule has 0 radical (unpaired) electrons. The molecule has 1 aromatic carbocycles. The van der Waals surface area contributed by atoms with Crippen LogP contribution in [-0.2, 0) is 0 Å². The number of methoxy groups -OCH3 is 1. The predicted octanol–water partition coefficient (Wildman–Crippen LogP) is 2.54. The molecule has 0 aliphatic rings. The normalized spacial score (nSPS) is 14.1. The first-order valence-electron chi connectivity index (χ1n) is 6.24. The zero-order valence-electron chi connectivity index (χ0n) is 11.3. The zero-order valence-corrected chi connectivity index (χ0v) is 11.3. The largest absolute Gasteiger partial charge is 0.508 e. The van der Waals surface area contributed by atoms with E-state index in [2.05, 4.69) is 15.3 Å². The highest BCUT2D eigenvalue weighted by atomic mass is 16.5. The molecule has 0 bridgehead atoms. The molecule has 0 saturated heterocycles. The Kier molecular flexibility index (Phi) is 4.06. The van der Waals surface area contributed by atoms with Gasteiger partial charge in [-0.2, -0.15) is 0 Å². The van der Waals surface area contributed by atoms with Gasteiger partial charge in [0.1, 0.15) is 17.3 Å². The van der Waals surface area contributed by atoms with E-state index in [0.29, 0.717) is 0 Å². The third kappa shape index (κ3) is 3.06. The molecule has 0 fully saturated rings. The maximum Gasteiger partial charge on any atom is 0.122 e. The van der Waals surface area contributed by atoms with E-state index in [4.69, 9.17) is 4.74 Å². The summed E-state index contributed by atoms with van der Waals surface area (Å²) >= 11 is 0. The van der Waals surface area contributed by atoms with E-state index in [1.165, 1.54) is 0 Å². The van der Waals surface area contributed by atoms with Crippen LogP contribution < -0.4 is 10.1 Å². The van der Waals surface area contributed by atoms with Crippen LogP contribution in [0.15, 0.2) is 30.6 Å². The summed E-state index contributed by atoms with van der Waals surface area (Å²) in [6.07, 6.45) is 3.52. The Morgan fingerprint density at radius 2 is 2.11 bits per heavy atom. The molecule has 2 aromatic rings. The Morgan fingerprint density at radius 3 is 2.74 bits per heavy atom. The number of hydrogen-bond donors (Lipinski definition) is 3. The third-order valence-electron chi connectivity index (χ3n) is 3.13. The molecule has 1 aromatic heterocycles. The summed E-state index contributed by atoms with van der Waals surface area (Å²) in [5.74, 6) is 1.86. The van der Waals surface area contributed by atoms with E-state index < -0.39 is 0 Å². The molecule has 2 unspecified atom stereocenters. The minimum atomic E-state index is -0.0183. The van der Waals surface area contributed by atoms with Gasteiger partial charge in [-0.3, -0.25) is 0 Å². The predicted molar refractivity (Wildman–Crippen MR) is 73.2 cm³/mol. The highest BCUT2D eigenvalue weighted by Gasteiger charge is 2.16. The lowest BCUT2D eigenvalue weighted by atomic mass is 10.1. The second kappa shape index (κ2) is 5.75. The fourth-order valence-corrected chi connectivity index (χ4v) is 2.06. The molecule has 0 amide bonds. The van der Waals surface area contributed by atoms with E-state index in [1.807, 2.05) is 19.9 Å². The molecule has 0 spiro atoms. The summed E-state index contributed by atoms with van der Waals surface area (Å²) in [7, 11) is 1.61. The summed E-state index contributed by atoms with van der Waals surface area (Å²) in [4.78, 5) is 7.28. The number of nitrogens with one attached hydrogen (secondary N) is 2. The topological polar surface area (TPSA) is 70.2 Å². The summed E-state index contributed by atoms with van der Waals surface area (Å²) in [6.45, 7) is 4.01. The van der Waals surface area contributed by atoms with Crippen LogP contribution in [0, 0.1) is 0 Å². The standard InChI is InChI=1S/C14H19N3O2/c1-9(17-10(2)14-15-6-7-16-14)12-8-11(19-3)4-5-13(12)18/h4-10,17-18H,1-3H3,(H,15,16). The highest BCUT2D eigenvalue weighted by Crippen LogP contribution is 2.29. The molecule has 2 atom stereocenters. The minimum absolute atomic E-state index is 0.0183. The number of H-pyrrole nitrogens is 1. The molecule has 5 heteroatoms. The number of aromatic amines is 1. The Labute approximate surface area is 112 Å². The Hall–Kier alpha value is -2.01. The van der Waals surface area contributed by atoms with Gasteiger partial charge in [-0.05, 0) is 32.0 Å². The fraction of sp³-hybridized carbons (Fsp3) is 0.357. The number of benzene rings is 1. The van der Waals surface area contributed by atoms with Crippen molar-refractivity contribution >= 4 is 0 Å². The van der Waals surface area contributed by atoms with Crippen molar-refractivity contribution in [2.75, 3.05) is 7.11 Å². The van der Waals surface area contributed by atoms with Crippen molar-refractivity contribution in [2.45, 2.75) is 25.9 Å². The van der Waals surface area contributed by atoms with Crippen LogP contribution >= 0.6 is 0 Å². The van der Waals surface area contributed by atoms with Crippen LogP contribution in [0.4, 0.5) is 0 Å². The van der Waals surface area contributed by atoms with Gasteiger partial charge in [-0.25, -0.2) is 4.98 Å². The van der Waals surface area contributed by atoms with Gasteiger partial charge in [0, 0.05) is 24.0 Å². The average Bonchev–Trinajstić information content (AvgIpc) is 2.93. The summed E-state index contributed by atoms with van der Waals surface area (Å²) in [6, 6.07) is 5.26. The molecule has 1 heterocycles. The Balaban J connectivity index is 2.13. The molecule has 0 aliphatic heterocycles. The van der Waals surface area contributed by atoms with Crippen molar-refractivity contribution in [2.24, 2.45) is 0 Å². The lowest BCUT2D eigenvalue weighted by Crippen LogP contribution is -2.23. The molecular weight excluding hydrogens is 242 g/mol. The first-order chi connectivity index (χ1) is 9.11. The first-order valence-corrected chi connectivity index (χ1v) is 6.24. The van der Waals surface area contributed by atoms with Crippen molar-refractivity contribution in [1.29, 1.82) is 0 Å². The number of aromatic nitrogens is 2. The molecule has 5 nitrogen and oxygen atoms in total. The van der Waals surface area contributed by atoms with Gasteiger partial charge in [0.05, 0.1) is 13.2 Å². The van der Waals surface area contributed by atoms with E-state index >= 15 is 0 Å². The monoisotopic (exact) mass is 261 g/mol. The highest BCUT2D eigenvalue weighted by molar-refractivity contribution is 5.41. The first kappa shape index (κ1) is 13.4. The van der Waals surface area contributed by atoms with E-state index in [9.17, 15) is 5.11 Å². The van der Waals surface area contributed by atoms with Gasteiger partial charge in [0.15, 0.2) is 0 Å². The van der Waals surface area contributed by atoms with Gasteiger partial charge >= 0.3 is 0 Å². The van der Waals surface area contributed by atoms with Crippen LogP contribution in [0.1, 0.15) is 37.3 Å². The minimum Gasteiger partial charge on any atom is -0.508 e. The molecule has 0 aliphatic carbocycles. The lowest BCUT2D eigenvalue weighted by molar-refractivity contribution is 0.404. The maximum absolute atomic E-state index is 9.93. The SMILES string of the molecule is COc1ccc(O)c(C(C)NC(C)c2ncc[nH]2)c1. The van der Waals surface area contributed by atoms with E-state index in [-0.39, 0.29) is 17.8 Å². The van der Waals surface area contributed by atoms with Crippen LogP contribution in [0.5, 0.6) is 11.5 Å². The summed E-state index contributed by atoms with van der Waals surface area (Å²) in [5.41, 5.74) is 0.803. The smallest absolute Gasteiger partial charge is 0.122 e. The summed E-state index contributed by atoms with van der Waals surface area (Å²) in [5, 5.41) is 13.3. The van der Waals surface area contributed by atoms with Crippen LogP contribution in [-0.4, -0.2) is 22.2 Å². The molecule has 3 N–H and O–H groups in total. The number of imidazole rings is 1. The second-order valence-electron chi connectivity index (χ2n) is 4.51. The van der Waals surface area contributed by atoms with Gasteiger partial charge in [0.25, 0.3) is 0 Å². The number of ether oxygens (including phenoxy) is 1. The van der Waals surface area contributed by atoms with Gasteiger partial charge in [0.2, 0.25) is 0 Å². The molecular formula is C14H19N3O2. The quantitative estimate of drug-likeness (QED) is 0.773. The number of nitrogens with zero attached hydrogens (tertiary/aromatic N) is 1.